The van der Waals surface area contributed by atoms with Gasteiger partial charge in [-0.05, 0) is 56.1 Å². The zero-order valence-corrected chi connectivity index (χ0v) is 16.5. The Balaban J connectivity index is 1.32. The summed E-state index contributed by atoms with van der Waals surface area (Å²) in [5.41, 5.74) is 4.90. The maximum atomic E-state index is 4.54. The van der Waals surface area contributed by atoms with Crippen molar-refractivity contribution in [3.8, 4) is 11.3 Å². The first-order valence-electron chi connectivity index (χ1n) is 9.35. The summed E-state index contributed by atoms with van der Waals surface area (Å²) in [5.74, 6) is 0.594. The van der Waals surface area contributed by atoms with Gasteiger partial charge in [0.25, 0.3) is 0 Å². The van der Waals surface area contributed by atoms with Crippen LogP contribution in [-0.4, -0.2) is 34.7 Å². The third kappa shape index (κ3) is 4.25. The van der Waals surface area contributed by atoms with Gasteiger partial charge in [-0.25, -0.2) is 0 Å². The van der Waals surface area contributed by atoms with Crippen molar-refractivity contribution in [3.05, 3.63) is 76.4 Å². The van der Waals surface area contributed by atoms with E-state index in [1.807, 2.05) is 6.07 Å². The molecule has 4 rings (SSSR count). The smallest absolute Gasteiger partial charge is 0.0924 e. The van der Waals surface area contributed by atoms with Gasteiger partial charge in [-0.15, -0.1) is 0 Å². The molecule has 0 bridgehead atoms. The minimum Gasteiger partial charge on any atom is -0.303 e. The second-order valence-electron chi connectivity index (χ2n) is 7.07. The first-order valence-corrected chi connectivity index (χ1v) is 10.1. The lowest BCUT2D eigenvalue weighted by Crippen LogP contribution is -2.34. The molecular formula is C22H24BrN3. The lowest BCUT2D eigenvalue weighted by Gasteiger charge is -2.31. The van der Waals surface area contributed by atoms with Crippen LogP contribution in [0.15, 0.2) is 65.1 Å². The van der Waals surface area contributed by atoms with Crippen molar-refractivity contribution in [2.75, 3.05) is 19.6 Å². The number of rotatable bonds is 5. The molecule has 1 N–H and O–H groups in total. The minimum atomic E-state index is 0.594. The molecule has 2 heterocycles. The van der Waals surface area contributed by atoms with Gasteiger partial charge in [0.2, 0.25) is 0 Å². The van der Waals surface area contributed by atoms with Crippen LogP contribution in [0.3, 0.4) is 0 Å². The van der Waals surface area contributed by atoms with Crippen LogP contribution in [0.5, 0.6) is 0 Å². The van der Waals surface area contributed by atoms with Gasteiger partial charge in [0.1, 0.15) is 0 Å². The fourth-order valence-corrected chi connectivity index (χ4v) is 4.14. The van der Waals surface area contributed by atoms with Gasteiger partial charge in [0.15, 0.2) is 0 Å². The van der Waals surface area contributed by atoms with Crippen LogP contribution in [0.1, 0.15) is 30.0 Å². The van der Waals surface area contributed by atoms with E-state index in [9.17, 15) is 0 Å². The maximum absolute atomic E-state index is 4.54. The van der Waals surface area contributed by atoms with Gasteiger partial charge >= 0.3 is 0 Å². The van der Waals surface area contributed by atoms with Gasteiger partial charge in [-0.1, -0.05) is 58.4 Å². The van der Waals surface area contributed by atoms with Crippen LogP contribution in [0, 0.1) is 0 Å². The number of piperidine rings is 1. The molecule has 0 aliphatic carbocycles. The molecule has 0 unspecified atom stereocenters. The Morgan fingerprint density at radius 2 is 1.81 bits per heavy atom. The first-order chi connectivity index (χ1) is 12.8. The molecule has 1 aromatic heterocycles. The van der Waals surface area contributed by atoms with E-state index in [4.69, 9.17) is 0 Å². The summed E-state index contributed by atoms with van der Waals surface area (Å²) < 4.78 is 1.09. The molecule has 1 aliphatic rings. The highest BCUT2D eigenvalue weighted by Gasteiger charge is 2.22. The van der Waals surface area contributed by atoms with E-state index in [0.717, 1.165) is 28.7 Å². The Labute approximate surface area is 163 Å². The maximum Gasteiger partial charge on any atom is 0.0924 e. The second-order valence-corrected chi connectivity index (χ2v) is 7.99. The zero-order chi connectivity index (χ0) is 17.8. The zero-order valence-electron chi connectivity index (χ0n) is 14.9. The van der Waals surface area contributed by atoms with E-state index in [2.05, 4.69) is 85.6 Å². The molecule has 134 valence electrons. The summed E-state index contributed by atoms with van der Waals surface area (Å²) in [7, 11) is 0. The number of nitrogens with one attached hydrogen (secondary N) is 1. The van der Waals surface area contributed by atoms with Crippen molar-refractivity contribution in [1.29, 1.82) is 0 Å². The number of H-pyrrole nitrogens is 1. The highest BCUT2D eigenvalue weighted by molar-refractivity contribution is 9.10. The molecule has 26 heavy (non-hydrogen) atoms. The number of nitrogens with zero attached hydrogens (tertiary/aromatic N) is 2. The molecule has 3 aromatic rings. The molecule has 0 spiro atoms. The van der Waals surface area contributed by atoms with Gasteiger partial charge in [0, 0.05) is 28.2 Å². The number of halogens is 1. The number of hydrogen-bond donors (Lipinski definition) is 1. The van der Waals surface area contributed by atoms with E-state index in [-0.39, 0.29) is 0 Å². The minimum absolute atomic E-state index is 0.594. The lowest BCUT2D eigenvalue weighted by molar-refractivity contribution is 0.213. The highest BCUT2D eigenvalue weighted by atomic mass is 79.9. The third-order valence-corrected chi connectivity index (χ3v) is 5.80. The number of hydrogen-bond acceptors (Lipinski definition) is 2. The van der Waals surface area contributed by atoms with Crippen molar-refractivity contribution in [2.24, 2.45) is 0 Å². The van der Waals surface area contributed by atoms with Crippen LogP contribution < -0.4 is 0 Å². The number of aromatic nitrogens is 2. The molecular weight excluding hydrogens is 386 g/mol. The molecule has 1 aliphatic heterocycles. The average Bonchev–Trinajstić information content (AvgIpc) is 3.18. The fourth-order valence-electron chi connectivity index (χ4n) is 3.74. The topological polar surface area (TPSA) is 31.9 Å². The number of likely N-dealkylation sites (tertiary alicyclic amines) is 1. The summed E-state index contributed by atoms with van der Waals surface area (Å²) >= 11 is 3.54. The van der Waals surface area contributed by atoms with E-state index >= 15 is 0 Å². The van der Waals surface area contributed by atoms with Gasteiger partial charge in [-0.3, -0.25) is 5.10 Å². The van der Waals surface area contributed by atoms with Crippen molar-refractivity contribution in [1.82, 2.24) is 15.1 Å². The SMILES string of the molecule is Brc1cccc(-c2cc(C3CCN(CCc4ccccc4)CC3)[nH]n2)c1. The molecule has 4 heteroatoms. The van der Waals surface area contributed by atoms with Crippen LogP contribution in [0.2, 0.25) is 0 Å². The van der Waals surface area contributed by atoms with E-state index in [1.165, 1.54) is 37.2 Å². The van der Waals surface area contributed by atoms with Crippen molar-refractivity contribution < 1.29 is 0 Å². The lowest BCUT2D eigenvalue weighted by atomic mass is 9.93. The van der Waals surface area contributed by atoms with Crippen LogP contribution >= 0.6 is 15.9 Å². The Morgan fingerprint density at radius 3 is 2.58 bits per heavy atom. The first kappa shape index (κ1) is 17.5. The summed E-state index contributed by atoms with van der Waals surface area (Å²) in [6.45, 7) is 3.49. The Morgan fingerprint density at radius 1 is 1.00 bits per heavy atom. The van der Waals surface area contributed by atoms with Crippen molar-refractivity contribution >= 4 is 15.9 Å². The van der Waals surface area contributed by atoms with E-state index < -0.39 is 0 Å². The Hall–Kier alpha value is -1.91. The van der Waals surface area contributed by atoms with Crippen LogP contribution in [-0.2, 0) is 6.42 Å². The van der Waals surface area contributed by atoms with Crippen LogP contribution in [0.4, 0.5) is 0 Å². The second kappa shape index (κ2) is 8.19. The molecule has 0 radical (unpaired) electrons. The van der Waals surface area contributed by atoms with E-state index in [1.54, 1.807) is 0 Å². The van der Waals surface area contributed by atoms with Crippen molar-refractivity contribution in [3.63, 3.8) is 0 Å². The molecule has 2 aromatic carbocycles. The molecule has 0 amide bonds. The molecule has 1 saturated heterocycles. The molecule has 1 fully saturated rings. The van der Waals surface area contributed by atoms with Crippen molar-refractivity contribution in [2.45, 2.75) is 25.2 Å². The molecule has 3 nitrogen and oxygen atoms in total. The standard InChI is InChI=1S/C22H24BrN3/c23-20-8-4-7-19(15-20)22-16-21(24-25-22)18-10-13-26(14-11-18)12-9-17-5-2-1-3-6-17/h1-8,15-16,18H,9-14H2,(H,24,25). The molecule has 0 saturated carbocycles. The van der Waals surface area contributed by atoms with Gasteiger partial charge in [0.05, 0.1) is 5.69 Å². The normalized spacial score (nSPS) is 16.0. The van der Waals surface area contributed by atoms with E-state index in [0.29, 0.717) is 5.92 Å². The third-order valence-electron chi connectivity index (χ3n) is 5.30. The van der Waals surface area contributed by atoms with Gasteiger partial charge in [-0.2, -0.15) is 5.10 Å². The predicted octanol–water partition coefficient (Wildman–Crippen LogP) is 5.26. The number of benzene rings is 2. The Kier molecular flexibility index (Phi) is 5.51. The fraction of sp³-hybridized carbons (Fsp3) is 0.318. The monoisotopic (exact) mass is 409 g/mol. The summed E-state index contributed by atoms with van der Waals surface area (Å²) in [6, 6.07) is 21.3. The predicted molar refractivity (Wildman–Crippen MR) is 110 cm³/mol. The number of aromatic amines is 1. The summed E-state index contributed by atoms with van der Waals surface area (Å²) in [6.07, 6.45) is 3.55. The van der Waals surface area contributed by atoms with Crippen LogP contribution in [0.25, 0.3) is 11.3 Å². The summed E-state index contributed by atoms with van der Waals surface area (Å²) in [4.78, 5) is 2.59. The Bertz CT molecular complexity index is 835. The quantitative estimate of drug-likeness (QED) is 0.622. The summed E-state index contributed by atoms with van der Waals surface area (Å²) in [5, 5.41) is 7.82. The average molecular weight is 410 g/mol. The largest absolute Gasteiger partial charge is 0.303 e. The van der Waals surface area contributed by atoms with Gasteiger partial charge < -0.3 is 4.90 Å². The highest BCUT2D eigenvalue weighted by Crippen LogP contribution is 2.30. The molecule has 0 atom stereocenters.